The van der Waals surface area contributed by atoms with Gasteiger partial charge in [0.2, 0.25) is 0 Å². The van der Waals surface area contributed by atoms with E-state index in [4.69, 9.17) is 5.73 Å². The predicted molar refractivity (Wildman–Crippen MR) is 75.8 cm³/mol. The van der Waals surface area contributed by atoms with E-state index in [1.165, 1.54) is 25.7 Å². The number of likely N-dealkylation sites (tertiary alicyclic amines) is 1. The van der Waals surface area contributed by atoms with Crippen LogP contribution in [0.1, 0.15) is 44.0 Å². The summed E-state index contributed by atoms with van der Waals surface area (Å²) < 4.78 is 0. The molecule has 1 aliphatic heterocycles. The van der Waals surface area contributed by atoms with Crippen LogP contribution in [-0.4, -0.2) is 38.9 Å². The normalized spacial score (nSPS) is 17.6. The van der Waals surface area contributed by atoms with Gasteiger partial charge in [0.05, 0.1) is 18.8 Å². The third-order valence-electron chi connectivity index (χ3n) is 3.52. The fraction of sp³-hybridized carbons (Fsp3) is 0.769. The first-order valence-corrected chi connectivity index (χ1v) is 7.16. The topological polar surface area (TPSA) is 72.3 Å². The van der Waals surface area contributed by atoms with Gasteiger partial charge in [0.25, 0.3) is 0 Å². The number of aromatic nitrogens is 3. The van der Waals surface area contributed by atoms with Crippen molar-refractivity contribution in [3.05, 3.63) is 11.4 Å². The summed E-state index contributed by atoms with van der Waals surface area (Å²) >= 11 is 0. The largest absolute Gasteiger partial charge is 0.370 e. The minimum Gasteiger partial charge on any atom is -0.370 e. The SMILES string of the molecule is CCn1nc(C)c(CN=C(N)N2CCCCCC2)n1. The van der Waals surface area contributed by atoms with Crippen LogP contribution in [0.15, 0.2) is 4.99 Å². The van der Waals surface area contributed by atoms with E-state index in [9.17, 15) is 0 Å². The van der Waals surface area contributed by atoms with E-state index in [0.717, 1.165) is 31.0 Å². The van der Waals surface area contributed by atoms with Crippen LogP contribution in [0.4, 0.5) is 0 Å². The first-order chi connectivity index (χ1) is 9.20. The van der Waals surface area contributed by atoms with Gasteiger partial charge in [0, 0.05) is 13.1 Å². The summed E-state index contributed by atoms with van der Waals surface area (Å²) in [5, 5.41) is 8.70. The molecule has 0 spiro atoms. The summed E-state index contributed by atoms with van der Waals surface area (Å²) in [4.78, 5) is 8.36. The van der Waals surface area contributed by atoms with Gasteiger partial charge in [0.1, 0.15) is 5.69 Å². The van der Waals surface area contributed by atoms with Crippen LogP contribution in [0.5, 0.6) is 0 Å². The molecule has 0 saturated carbocycles. The first kappa shape index (κ1) is 13.8. The molecule has 6 heteroatoms. The number of hydrogen-bond donors (Lipinski definition) is 1. The highest BCUT2D eigenvalue weighted by Gasteiger charge is 2.11. The lowest BCUT2D eigenvalue weighted by atomic mass is 10.2. The molecule has 19 heavy (non-hydrogen) atoms. The Labute approximate surface area is 114 Å². The Kier molecular flexibility index (Phi) is 4.76. The third-order valence-corrected chi connectivity index (χ3v) is 3.52. The van der Waals surface area contributed by atoms with Gasteiger partial charge in [-0.05, 0) is 26.7 Å². The first-order valence-electron chi connectivity index (χ1n) is 7.16. The van der Waals surface area contributed by atoms with Crippen LogP contribution >= 0.6 is 0 Å². The second-order valence-corrected chi connectivity index (χ2v) is 5.00. The van der Waals surface area contributed by atoms with Crippen molar-refractivity contribution in [1.82, 2.24) is 19.9 Å². The van der Waals surface area contributed by atoms with Crippen molar-refractivity contribution in [3.8, 4) is 0 Å². The van der Waals surface area contributed by atoms with Crippen LogP contribution in [0.3, 0.4) is 0 Å². The Hall–Kier alpha value is -1.59. The monoisotopic (exact) mass is 264 g/mol. The van der Waals surface area contributed by atoms with Gasteiger partial charge in [-0.2, -0.15) is 15.0 Å². The molecule has 0 amide bonds. The maximum absolute atomic E-state index is 6.08. The summed E-state index contributed by atoms with van der Waals surface area (Å²) in [6.07, 6.45) is 5.02. The highest BCUT2D eigenvalue weighted by molar-refractivity contribution is 5.78. The average molecular weight is 264 g/mol. The molecule has 0 aliphatic carbocycles. The standard InChI is InChI=1S/C13H24N6/c1-3-19-16-11(2)12(17-19)10-15-13(14)18-8-6-4-5-7-9-18/h3-10H2,1-2H3,(H2,14,15). The molecule has 0 aromatic carbocycles. The van der Waals surface area contributed by atoms with Gasteiger partial charge >= 0.3 is 0 Å². The molecule has 1 aliphatic rings. The summed E-state index contributed by atoms with van der Waals surface area (Å²) in [7, 11) is 0. The molecule has 1 aromatic heterocycles. The lowest BCUT2D eigenvalue weighted by Crippen LogP contribution is -2.38. The van der Waals surface area contributed by atoms with Crippen LogP contribution in [-0.2, 0) is 13.1 Å². The minimum absolute atomic E-state index is 0.522. The molecule has 1 aromatic rings. The van der Waals surface area contributed by atoms with E-state index in [2.05, 4.69) is 20.1 Å². The Morgan fingerprint density at radius 3 is 2.47 bits per heavy atom. The summed E-state index contributed by atoms with van der Waals surface area (Å²) in [6.45, 7) is 7.34. The minimum atomic E-state index is 0.522. The second kappa shape index (κ2) is 6.54. The number of guanidine groups is 1. The average Bonchev–Trinajstić information content (AvgIpc) is 2.63. The van der Waals surface area contributed by atoms with Crippen molar-refractivity contribution >= 4 is 5.96 Å². The Bertz CT molecular complexity index is 428. The van der Waals surface area contributed by atoms with E-state index in [1.54, 1.807) is 4.80 Å². The zero-order valence-corrected chi connectivity index (χ0v) is 12.0. The molecule has 6 nitrogen and oxygen atoms in total. The van der Waals surface area contributed by atoms with Gasteiger partial charge in [-0.1, -0.05) is 12.8 Å². The van der Waals surface area contributed by atoms with Gasteiger partial charge in [-0.15, -0.1) is 0 Å². The number of nitrogens with two attached hydrogens (primary N) is 1. The molecule has 2 rings (SSSR count). The summed E-state index contributed by atoms with van der Waals surface area (Å²) in [6, 6.07) is 0. The van der Waals surface area contributed by atoms with E-state index >= 15 is 0 Å². The number of aliphatic imine (C=N–C) groups is 1. The highest BCUT2D eigenvalue weighted by atomic mass is 15.5. The molecule has 1 saturated heterocycles. The Morgan fingerprint density at radius 2 is 1.89 bits per heavy atom. The van der Waals surface area contributed by atoms with E-state index in [0.29, 0.717) is 12.5 Å². The van der Waals surface area contributed by atoms with Crippen LogP contribution in [0, 0.1) is 6.92 Å². The fourth-order valence-corrected chi connectivity index (χ4v) is 2.31. The third kappa shape index (κ3) is 3.68. The molecule has 0 atom stereocenters. The Balaban J connectivity index is 1.97. The van der Waals surface area contributed by atoms with Gasteiger partial charge < -0.3 is 10.6 Å². The van der Waals surface area contributed by atoms with E-state index in [1.807, 2.05) is 13.8 Å². The smallest absolute Gasteiger partial charge is 0.191 e. The van der Waals surface area contributed by atoms with Gasteiger partial charge in [0.15, 0.2) is 5.96 Å². The van der Waals surface area contributed by atoms with E-state index in [-0.39, 0.29) is 0 Å². The van der Waals surface area contributed by atoms with Crippen molar-refractivity contribution in [2.75, 3.05) is 13.1 Å². The van der Waals surface area contributed by atoms with E-state index < -0.39 is 0 Å². The number of nitrogens with zero attached hydrogens (tertiary/aromatic N) is 5. The second-order valence-electron chi connectivity index (χ2n) is 5.00. The van der Waals surface area contributed by atoms with Gasteiger partial charge in [-0.3, -0.25) is 0 Å². The molecule has 1 fully saturated rings. The maximum Gasteiger partial charge on any atom is 0.191 e. The number of hydrogen-bond acceptors (Lipinski definition) is 3. The van der Waals surface area contributed by atoms with Crippen LogP contribution in [0.2, 0.25) is 0 Å². The van der Waals surface area contributed by atoms with Crippen molar-refractivity contribution in [2.45, 2.75) is 52.6 Å². The molecule has 0 bridgehead atoms. The lowest BCUT2D eigenvalue weighted by molar-refractivity contribution is 0.428. The molecule has 0 unspecified atom stereocenters. The van der Waals surface area contributed by atoms with Crippen molar-refractivity contribution in [1.29, 1.82) is 0 Å². The van der Waals surface area contributed by atoms with Crippen molar-refractivity contribution in [2.24, 2.45) is 10.7 Å². The molecule has 2 N–H and O–H groups in total. The predicted octanol–water partition coefficient (Wildman–Crippen LogP) is 1.30. The Morgan fingerprint density at radius 1 is 1.21 bits per heavy atom. The number of aryl methyl sites for hydroxylation is 2. The summed E-state index contributed by atoms with van der Waals surface area (Å²) in [5.41, 5.74) is 7.93. The molecular formula is C13H24N6. The van der Waals surface area contributed by atoms with Crippen LogP contribution < -0.4 is 5.73 Å². The molecule has 0 radical (unpaired) electrons. The lowest BCUT2D eigenvalue weighted by Gasteiger charge is -2.20. The van der Waals surface area contributed by atoms with Crippen molar-refractivity contribution < 1.29 is 0 Å². The molecule has 2 heterocycles. The molecular weight excluding hydrogens is 240 g/mol. The van der Waals surface area contributed by atoms with Crippen LogP contribution in [0.25, 0.3) is 0 Å². The fourth-order valence-electron chi connectivity index (χ4n) is 2.31. The zero-order chi connectivity index (χ0) is 13.7. The quantitative estimate of drug-likeness (QED) is 0.659. The number of rotatable bonds is 3. The zero-order valence-electron chi connectivity index (χ0n) is 12.0. The molecule has 106 valence electrons. The maximum atomic E-state index is 6.08. The summed E-state index contributed by atoms with van der Waals surface area (Å²) in [5.74, 6) is 0.646. The van der Waals surface area contributed by atoms with Crippen molar-refractivity contribution in [3.63, 3.8) is 0 Å². The highest BCUT2D eigenvalue weighted by Crippen LogP contribution is 2.10. The van der Waals surface area contributed by atoms with Gasteiger partial charge in [-0.25, -0.2) is 4.99 Å².